The van der Waals surface area contributed by atoms with Crippen LogP contribution in [0, 0.1) is 26.3 Å². The molecule has 0 radical (unpaired) electrons. The van der Waals surface area contributed by atoms with Gasteiger partial charge in [-0.1, -0.05) is 33.3 Å². The van der Waals surface area contributed by atoms with E-state index >= 15 is 0 Å². The first-order valence-corrected chi connectivity index (χ1v) is 11.7. The first kappa shape index (κ1) is 31.4. The molecule has 0 saturated heterocycles. The van der Waals surface area contributed by atoms with Crippen LogP contribution in [0.4, 0.5) is 0 Å². The van der Waals surface area contributed by atoms with Gasteiger partial charge in [-0.15, -0.1) is 31.7 Å². The molecule has 110 valence electrons. The first-order chi connectivity index (χ1) is 6.95. The van der Waals surface area contributed by atoms with E-state index in [9.17, 15) is 0 Å². The summed E-state index contributed by atoms with van der Waals surface area (Å²) in [6.07, 6.45) is 3.36. The summed E-state index contributed by atoms with van der Waals surface area (Å²) in [5.74, 6) is 0.560. The summed E-state index contributed by atoms with van der Waals surface area (Å²) >= 11 is -0.992. The average molecular weight is 392 g/mol. The van der Waals surface area contributed by atoms with E-state index in [2.05, 4.69) is 40.7 Å². The fraction of sp³-hybridized carbons (Fsp3) is 0.500. The zero-order chi connectivity index (χ0) is 12.4. The normalized spacial score (nSPS) is 15.0. The fourth-order valence-corrected chi connectivity index (χ4v) is 1.16. The molecule has 18 heavy (non-hydrogen) atoms. The molecule has 1 rings (SSSR count). The van der Waals surface area contributed by atoms with Gasteiger partial charge in [-0.05, 0) is 0 Å². The van der Waals surface area contributed by atoms with Gasteiger partial charge in [-0.25, -0.2) is 5.57 Å². The zero-order valence-electron chi connectivity index (χ0n) is 11.9. The molecule has 2 nitrogen and oxygen atoms in total. The van der Waals surface area contributed by atoms with Crippen LogP contribution in [0.15, 0.2) is 16.7 Å². The van der Waals surface area contributed by atoms with E-state index in [4.69, 9.17) is 7.92 Å². The van der Waals surface area contributed by atoms with E-state index in [1.807, 2.05) is 0 Å². The van der Waals surface area contributed by atoms with E-state index in [1.165, 1.54) is 16.7 Å². The van der Waals surface area contributed by atoms with Gasteiger partial charge >= 0.3 is 31.5 Å². The van der Waals surface area contributed by atoms with Crippen molar-refractivity contribution in [3.63, 3.8) is 0 Å². The molecule has 0 saturated carbocycles. The predicted octanol–water partition coefficient (Wildman–Crippen LogP) is 2.79. The van der Waals surface area contributed by atoms with Crippen LogP contribution in [0.3, 0.4) is 0 Å². The summed E-state index contributed by atoms with van der Waals surface area (Å²) in [4.78, 5) is 0. The van der Waals surface area contributed by atoms with Gasteiger partial charge in [-0.3, -0.25) is 6.08 Å². The Morgan fingerprint density at radius 2 is 1.67 bits per heavy atom. The zero-order valence-corrected chi connectivity index (χ0v) is 17.4. The third-order valence-electron chi connectivity index (χ3n) is 2.24. The van der Waals surface area contributed by atoms with Crippen molar-refractivity contribution in [2.45, 2.75) is 27.7 Å². The molecule has 1 N–H and O–H groups in total. The maximum atomic E-state index is 9.11. The number of halogens is 2. The Morgan fingerprint density at radius 3 is 1.72 bits per heavy atom. The van der Waals surface area contributed by atoms with E-state index < -0.39 is 21.9 Å². The van der Waals surface area contributed by atoms with Gasteiger partial charge in [0.25, 0.3) is 0 Å². The maximum absolute atomic E-state index is 9.11. The van der Waals surface area contributed by atoms with Crippen LogP contribution in [0.2, 0.25) is 0 Å². The third kappa shape index (κ3) is 15.0. The molecule has 0 aromatic carbocycles. The molecule has 1 atom stereocenters. The quantitative estimate of drug-likeness (QED) is 0.509. The summed E-state index contributed by atoms with van der Waals surface area (Å²) in [5.41, 5.74) is 4.25. The van der Waals surface area contributed by atoms with Crippen molar-refractivity contribution >= 4 is 31.7 Å². The van der Waals surface area contributed by atoms with Crippen LogP contribution in [-0.4, -0.2) is 18.6 Å². The van der Waals surface area contributed by atoms with E-state index in [0.29, 0.717) is 5.92 Å². The van der Waals surface area contributed by atoms with Crippen molar-refractivity contribution in [1.29, 1.82) is 0 Å². The Bertz CT molecular complexity index is 286. The molecule has 0 aliphatic heterocycles. The van der Waals surface area contributed by atoms with Crippen molar-refractivity contribution in [1.82, 2.24) is 0 Å². The number of hydrogen-bond acceptors (Lipinski definition) is 2. The van der Waals surface area contributed by atoms with Gasteiger partial charge in [0.05, 0.1) is 0 Å². The van der Waals surface area contributed by atoms with Gasteiger partial charge in [0.2, 0.25) is 0 Å². The van der Waals surface area contributed by atoms with Gasteiger partial charge in [-0.2, -0.15) is 11.1 Å². The summed E-state index contributed by atoms with van der Waals surface area (Å²) < 4.78 is 9.11. The molecule has 0 heterocycles. The van der Waals surface area contributed by atoms with Gasteiger partial charge in [0.15, 0.2) is 0 Å². The topological polar surface area (TPSA) is 37.3 Å². The number of aliphatic hydroxyl groups excluding tert-OH is 1. The van der Waals surface area contributed by atoms with Crippen LogP contribution in [0.1, 0.15) is 27.7 Å². The average Bonchev–Trinajstić information content (AvgIpc) is 2.36. The van der Waals surface area contributed by atoms with Crippen LogP contribution >= 0.6 is 24.8 Å². The van der Waals surface area contributed by atoms with E-state index in [-0.39, 0.29) is 38.8 Å². The molecule has 1 aliphatic rings. The fourth-order valence-electron chi connectivity index (χ4n) is 1.16. The standard InChI is InChI=1S/C9H13.C2H5O.CH3.2ClH.O.H2Si.Zr/c1-6-5-7(2)9(4)8(6)3;1-2-3;;;;;;/h6H,1-4H3;3H,1-2H2;1H3;2*1H;;1H2;/q3*-1;;;;;. The van der Waals surface area contributed by atoms with Crippen LogP contribution in [0.25, 0.3) is 0 Å². The summed E-state index contributed by atoms with van der Waals surface area (Å²) in [6.45, 7) is 13.3. The predicted molar refractivity (Wildman–Crippen MR) is 82.6 cm³/mol. The molecule has 0 spiro atoms. The van der Waals surface area contributed by atoms with Gasteiger partial charge in [0.1, 0.15) is 0 Å². The minimum atomic E-state index is -0.992. The molecule has 0 amide bonds. The summed E-state index contributed by atoms with van der Waals surface area (Å²) in [7, 11) is 0. The Kier molecular flexibility index (Phi) is 35.3. The Balaban J connectivity index is -0.0000000549. The van der Waals surface area contributed by atoms with Crippen LogP contribution in [0.5, 0.6) is 0 Å². The number of rotatable bonds is 0. The molecular formula is C12H25Cl2O2SiZr-3. The molecule has 0 aromatic rings. The molecule has 0 fully saturated rings. The van der Waals surface area contributed by atoms with Crippen LogP contribution in [-0.2, 0) is 24.7 Å². The first-order valence-electron chi connectivity index (χ1n) is 4.78. The van der Waals surface area contributed by atoms with Crippen molar-refractivity contribution in [3.05, 3.63) is 37.1 Å². The van der Waals surface area contributed by atoms with Gasteiger partial charge in [0, 0.05) is 0 Å². The van der Waals surface area contributed by atoms with Crippen molar-refractivity contribution in [3.8, 4) is 0 Å². The second-order valence-electron chi connectivity index (χ2n) is 3.17. The molecule has 1 unspecified atom stereocenters. The van der Waals surface area contributed by atoms with Crippen LogP contribution < -0.4 is 0 Å². The third-order valence-corrected chi connectivity index (χ3v) is 2.24. The molecule has 0 bridgehead atoms. The second-order valence-corrected chi connectivity index (χ2v) is 5.58. The minimum absolute atomic E-state index is 0. The van der Waals surface area contributed by atoms with Crippen molar-refractivity contribution in [2.24, 2.45) is 5.92 Å². The Hall–Kier alpha value is 0.920. The van der Waals surface area contributed by atoms with E-state index in [0.717, 1.165) is 0 Å². The molecule has 1 aliphatic carbocycles. The number of allylic oxidation sites excluding steroid dienone is 4. The summed E-state index contributed by atoms with van der Waals surface area (Å²) in [5, 5.41) is 7.46. The Morgan fingerprint density at radius 1 is 1.39 bits per heavy atom. The van der Waals surface area contributed by atoms with Crippen molar-refractivity contribution < 1.29 is 29.8 Å². The number of aliphatic hydroxyl groups is 1. The molecule has 0 aromatic heterocycles. The molecule has 6 heteroatoms. The monoisotopic (exact) mass is 389 g/mol. The Labute approximate surface area is 138 Å². The number of hydrogen-bond donors (Lipinski definition) is 1. The van der Waals surface area contributed by atoms with E-state index in [1.54, 1.807) is 6.88 Å². The van der Waals surface area contributed by atoms with Crippen molar-refractivity contribution in [2.75, 3.05) is 6.61 Å². The SMILES string of the molecule is CC1=[C-]C(C)C(C)=C1C.Cl.Cl.[CH2-]CO.[CH3-].[O]=[Zr]=[SiH2]. The molecular weight excluding hydrogens is 366 g/mol. The second kappa shape index (κ2) is 20.2. The van der Waals surface area contributed by atoms with Gasteiger partial charge < -0.3 is 19.5 Å². The summed E-state index contributed by atoms with van der Waals surface area (Å²) in [6, 6.07) is 0.